The second-order valence-electron chi connectivity index (χ2n) is 8.21. The van der Waals surface area contributed by atoms with Gasteiger partial charge in [-0.25, -0.2) is 9.78 Å². The number of anilines is 1. The van der Waals surface area contributed by atoms with Gasteiger partial charge in [0.15, 0.2) is 0 Å². The van der Waals surface area contributed by atoms with Crippen molar-refractivity contribution in [3.05, 3.63) is 54.5 Å². The summed E-state index contributed by atoms with van der Waals surface area (Å²) in [5.41, 5.74) is 4.48. The molecule has 4 rings (SSSR count). The van der Waals surface area contributed by atoms with Gasteiger partial charge in [-0.05, 0) is 56.7 Å². The van der Waals surface area contributed by atoms with Crippen LogP contribution in [0.1, 0.15) is 26.5 Å². The van der Waals surface area contributed by atoms with Crippen LogP contribution in [0.2, 0.25) is 0 Å². The molecule has 3 heterocycles. The number of hydrogen-bond donors (Lipinski definition) is 3. The summed E-state index contributed by atoms with van der Waals surface area (Å²) >= 11 is 0. The van der Waals surface area contributed by atoms with E-state index < -0.39 is 5.41 Å². The highest BCUT2D eigenvalue weighted by Crippen LogP contribution is 2.37. The van der Waals surface area contributed by atoms with Gasteiger partial charge >= 0.3 is 6.03 Å². The molecule has 0 atom stereocenters. The van der Waals surface area contributed by atoms with Crippen LogP contribution in [0.25, 0.3) is 33.4 Å². The van der Waals surface area contributed by atoms with Crippen molar-refractivity contribution in [2.45, 2.75) is 26.2 Å². The first-order chi connectivity index (χ1) is 16.4. The van der Waals surface area contributed by atoms with Gasteiger partial charge in [-0.15, -0.1) is 0 Å². The molecular weight excluding hydrogens is 430 g/mol. The van der Waals surface area contributed by atoms with E-state index in [0.29, 0.717) is 40.7 Å². The Kier molecular flexibility index (Phi) is 6.15. The zero-order chi connectivity index (χ0) is 24.3. The lowest BCUT2D eigenvalue weighted by atomic mass is 9.90. The number of urea groups is 1. The number of benzene rings is 1. The molecule has 3 aromatic heterocycles. The molecule has 9 nitrogen and oxygen atoms in total. The minimum Gasteiger partial charge on any atom is -0.494 e. The first-order valence-electron chi connectivity index (χ1n) is 10.8. The van der Waals surface area contributed by atoms with Crippen molar-refractivity contribution in [2.24, 2.45) is 0 Å². The molecule has 172 valence electrons. The fourth-order valence-electron chi connectivity index (χ4n) is 3.59. The molecule has 2 amide bonds. The molecule has 0 aliphatic rings. The molecule has 0 radical (unpaired) electrons. The second-order valence-corrected chi connectivity index (χ2v) is 8.21. The molecule has 0 unspecified atom stereocenters. The average Bonchev–Trinajstić information content (AvgIpc) is 3.25. The standard InChI is InChI=1S/C25H25N7O2/c1-5-27-24(33)32-23-30-18-12-16(15-8-9-20(29-13-15)25(2,3)14-26)11-17(21(18)31-23)22-19(34-4)7-6-10-28-22/h6-13H,5H2,1-4H3,(H3,27,30,31,32,33). The summed E-state index contributed by atoms with van der Waals surface area (Å²) in [4.78, 5) is 28.9. The summed E-state index contributed by atoms with van der Waals surface area (Å²) in [5, 5.41) is 14.8. The Hall–Kier alpha value is -4.45. The molecular formula is C25H25N7O2. The molecule has 0 saturated carbocycles. The van der Waals surface area contributed by atoms with E-state index in [4.69, 9.17) is 4.74 Å². The van der Waals surface area contributed by atoms with Crippen LogP contribution in [0.5, 0.6) is 5.75 Å². The summed E-state index contributed by atoms with van der Waals surface area (Å²) < 4.78 is 5.54. The molecule has 3 N–H and O–H groups in total. The Bertz CT molecular complexity index is 1380. The number of nitrogens with zero attached hydrogens (tertiary/aromatic N) is 4. The van der Waals surface area contributed by atoms with Crippen LogP contribution in [0.15, 0.2) is 48.8 Å². The summed E-state index contributed by atoms with van der Waals surface area (Å²) in [6, 6.07) is 13.3. The number of ether oxygens (including phenoxy) is 1. The zero-order valence-electron chi connectivity index (χ0n) is 19.4. The van der Waals surface area contributed by atoms with Crippen LogP contribution >= 0.6 is 0 Å². The van der Waals surface area contributed by atoms with E-state index in [1.807, 2.05) is 51.1 Å². The molecule has 34 heavy (non-hydrogen) atoms. The third-order valence-corrected chi connectivity index (χ3v) is 5.42. The lowest BCUT2D eigenvalue weighted by Gasteiger charge is -2.15. The van der Waals surface area contributed by atoms with Gasteiger partial charge in [0, 0.05) is 30.1 Å². The number of imidazole rings is 1. The predicted octanol–water partition coefficient (Wildman–Crippen LogP) is 4.64. The van der Waals surface area contributed by atoms with E-state index in [0.717, 1.165) is 16.7 Å². The highest BCUT2D eigenvalue weighted by molar-refractivity contribution is 5.98. The van der Waals surface area contributed by atoms with Crippen molar-refractivity contribution in [2.75, 3.05) is 19.0 Å². The van der Waals surface area contributed by atoms with Crippen molar-refractivity contribution in [1.29, 1.82) is 5.26 Å². The molecule has 0 saturated heterocycles. The number of hydrogen-bond acceptors (Lipinski definition) is 6. The third kappa shape index (κ3) is 4.38. The van der Waals surface area contributed by atoms with E-state index >= 15 is 0 Å². The minimum absolute atomic E-state index is 0.318. The number of carbonyl (C=O) groups excluding carboxylic acids is 1. The number of rotatable bonds is 6. The Morgan fingerprint density at radius 2 is 2.03 bits per heavy atom. The van der Waals surface area contributed by atoms with E-state index in [2.05, 4.69) is 36.6 Å². The second kappa shape index (κ2) is 9.19. The van der Waals surface area contributed by atoms with Crippen molar-refractivity contribution >= 4 is 23.0 Å². The number of carbonyl (C=O) groups is 1. The maximum atomic E-state index is 12.0. The molecule has 4 aromatic rings. The van der Waals surface area contributed by atoms with Gasteiger partial charge in [0.05, 0.1) is 29.8 Å². The summed E-state index contributed by atoms with van der Waals surface area (Å²) in [7, 11) is 1.59. The lowest BCUT2D eigenvalue weighted by molar-refractivity contribution is 0.252. The number of H-pyrrole nitrogens is 1. The van der Waals surface area contributed by atoms with Crippen molar-refractivity contribution in [1.82, 2.24) is 25.3 Å². The first-order valence-corrected chi connectivity index (χ1v) is 10.8. The number of pyridine rings is 2. The fourth-order valence-corrected chi connectivity index (χ4v) is 3.59. The topological polar surface area (TPSA) is 129 Å². The van der Waals surface area contributed by atoms with Gasteiger partial charge < -0.3 is 15.0 Å². The summed E-state index contributed by atoms with van der Waals surface area (Å²) in [6.07, 6.45) is 3.44. The Morgan fingerprint density at radius 3 is 2.71 bits per heavy atom. The first kappa shape index (κ1) is 22.7. The number of nitriles is 1. The van der Waals surface area contributed by atoms with Crippen LogP contribution < -0.4 is 15.4 Å². The van der Waals surface area contributed by atoms with Crippen molar-refractivity contribution in [3.63, 3.8) is 0 Å². The molecule has 0 spiro atoms. The van der Waals surface area contributed by atoms with Gasteiger partial charge in [-0.2, -0.15) is 5.26 Å². The van der Waals surface area contributed by atoms with Crippen LogP contribution in [-0.2, 0) is 5.41 Å². The molecule has 0 aliphatic heterocycles. The number of aromatic amines is 1. The fraction of sp³-hybridized carbons (Fsp3) is 0.240. The van der Waals surface area contributed by atoms with Crippen molar-refractivity contribution in [3.8, 4) is 34.2 Å². The predicted molar refractivity (Wildman–Crippen MR) is 130 cm³/mol. The van der Waals surface area contributed by atoms with Crippen LogP contribution in [0.3, 0.4) is 0 Å². The quantitative estimate of drug-likeness (QED) is 0.388. The van der Waals surface area contributed by atoms with Crippen molar-refractivity contribution < 1.29 is 9.53 Å². The monoisotopic (exact) mass is 455 g/mol. The number of fused-ring (bicyclic) bond motifs is 1. The molecule has 9 heteroatoms. The SMILES string of the molecule is CCNC(=O)Nc1nc2c(-c3ncccc3OC)cc(-c3ccc(C(C)(C)C#N)nc3)cc2[nH]1. The van der Waals surface area contributed by atoms with Crippen LogP contribution in [0.4, 0.5) is 10.7 Å². The van der Waals surface area contributed by atoms with Gasteiger partial charge in [-0.1, -0.05) is 6.07 Å². The maximum Gasteiger partial charge on any atom is 0.321 e. The summed E-state index contributed by atoms with van der Waals surface area (Å²) in [5.74, 6) is 0.921. The van der Waals surface area contributed by atoms with E-state index in [-0.39, 0.29) is 6.03 Å². The van der Waals surface area contributed by atoms with E-state index in [1.165, 1.54) is 0 Å². The van der Waals surface area contributed by atoms with Gasteiger partial charge in [0.2, 0.25) is 5.95 Å². The average molecular weight is 456 g/mol. The Balaban J connectivity index is 1.87. The van der Waals surface area contributed by atoms with Gasteiger partial charge in [0.1, 0.15) is 17.0 Å². The number of aromatic nitrogens is 4. The molecule has 0 fully saturated rings. The minimum atomic E-state index is -0.683. The van der Waals surface area contributed by atoms with Gasteiger partial charge in [0.25, 0.3) is 0 Å². The zero-order valence-corrected chi connectivity index (χ0v) is 19.4. The normalized spacial score (nSPS) is 11.1. The van der Waals surface area contributed by atoms with Crippen LogP contribution in [0, 0.1) is 11.3 Å². The molecule has 1 aromatic carbocycles. The van der Waals surface area contributed by atoms with Gasteiger partial charge in [-0.3, -0.25) is 15.3 Å². The highest BCUT2D eigenvalue weighted by Gasteiger charge is 2.22. The maximum absolute atomic E-state index is 12.0. The third-order valence-electron chi connectivity index (χ3n) is 5.42. The molecule has 0 aliphatic carbocycles. The Morgan fingerprint density at radius 1 is 1.21 bits per heavy atom. The summed E-state index contributed by atoms with van der Waals surface area (Å²) in [6.45, 7) is 6.01. The number of methoxy groups -OCH3 is 1. The number of nitrogens with one attached hydrogen (secondary N) is 3. The van der Waals surface area contributed by atoms with E-state index in [9.17, 15) is 10.1 Å². The van der Waals surface area contributed by atoms with Crippen LogP contribution in [-0.4, -0.2) is 39.6 Å². The number of amides is 2. The Labute approximate surface area is 197 Å². The smallest absolute Gasteiger partial charge is 0.321 e. The lowest BCUT2D eigenvalue weighted by Crippen LogP contribution is -2.28. The molecule has 0 bridgehead atoms. The van der Waals surface area contributed by atoms with E-state index in [1.54, 1.807) is 25.6 Å². The highest BCUT2D eigenvalue weighted by atomic mass is 16.5. The largest absolute Gasteiger partial charge is 0.494 e.